The molecule has 2 aliphatic heterocycles. The Morgan fingerprint density at radius 3 is 2.49 bits per heavy atom. The molecule has 1 saturated heterocycles. The zero-order valence-corrected chi connectivity index (χ0v) is 32.6. The summed E-state index contributed by atoms with van der Waals surface area (Å²) in [6.45, 7) is 9.88. The average Bonchev–Trinajstić information content (AvgIpc) is 3.87. The summed E-state index contributed by atoms with van der Waals surface area (Å²) in [5, 5.41) is 16.4. The van der Waals surface area contributed by atoms with Crippen LogP contribution in [0, 0.1) is 25.7 Å². The van der Waals surface area contributed by atoms with E-state index in [2.05, 4.69) is 9.88 Å². The molecule has 1 saturated carbocycles. The number of pyridine rings is 1. The molecule has 2 fully saturated rings. The minimum Gasteiger partial charge on any atom is -0.480 e. The number of rotatable bonds is 10. The Kier molecular flexibility index (Phi) is 9.86. The van der Waals surface area contributed by atoms with E-state index in [4.69, 9.17) is 5.10 Å². The predicted molar refractivity (Wildman–Crippen MR) is 213 cm³/mol. The van der Waals surface area contributed by atoms with E-state index >= 15 is 0 Å². The van der Waals surface area contributed by atoms with E-state index in [9.17, 15) is 19.5 Å². The molecule has 5 aromatic rings. The second kappa shape index (κ2) is 14.8. The van der Waals surface area contributed by atoms with Gasteiger partial charge >= 0.3 is 5.97 Å². The number of carbonyl (C=O) groups is 3. The van der Waals surface area contributed by atoms with E-state index in [0.717, 1.165) is 76.3 Å². The summed E-state index contributed by atoms with van der Waals surface area (Å²) < 4.78 is 3.71. The Hall–Kier alpha value is -5.25. The molecule has 5 heterocycles. The fourth-order valence-corrected chi connectivity index (χ4v) is 9.24. The SMILES string of the molecule is Cc1nccc(-c2ccc3c(c2)cc(C(=O)N2CCc4nn(-c5ccccc5)c(CCC5CCN(CC6CCCCC6)C5=O)c4C2)n3C(C)(C)C(=O)O)c1C. The highest BCUT2D eigenvalue weighted by molar-refractivity contribution is 6.01. The van der Waals surface area contributed by atoms with Crippen molar-refractivity contribution >= 4 is 28.7 Å². The second-order valence-electron chi connectivity index (χ2n) is 16.5. The minimum atomic E-state index is -1.39. The van der Waals surface area contributed by atoms with Crippen LogP contribution in [-0.4, -0.2) is 71.7 Å². The molecule has 0 bridgehead atoms. The number of aryl methyl sites for hydroxylation is 1. The molecule has 10 heteroatoms. The zero-order chi connectivity index (χ0) is 38.4. The Balaban J connectivity index is 1.10. The molecule has 3 aliphatic rings. The summed E-state index contributed by atoms with van der Waals surface area (Å²) in [5.74, 6) is -0.332. The highest BCUT2D eigenvalue weighted by atomic mass is 16.4. The minimum absolute atomic E-state index is 0.0154. The molecule has 3 aromatic heterocycles. The van der Waals surface area contributed by atoms with Crippen molar-refractivity contribution in [3.05, 3.63) is 101 Å². The molecular weight excluding hydrogens is 689 g/mol. The predicted octanol–water partition coefficient (Wildman–Crippen LogP) is 7.89. The first-order valence-electron chi connectivity index (χ1n) is 20.1. The van der Waals surface area contributed by atoms with Gasteiger partial charge in [0.25, 0.3) is 5.91 Å². The van der Waals surface area contributed by atoms with Gasteiger partial charge in [0.2, 0.25) is 5.91 Å². The van der Waals surface area contributed by atoms with E-state index in [-0.39, 0.29) is 17.7 Å². The van der Waals surface area contributed by atoms with E-state index in [1.54, 1.807) is 24.6 Å². The summed E-state index contributed by atoms with van der Waals surface area (Å²) in [4.78, 5) is 49.5. The van der Waals surface area contributed by atoms with Crippen molar-refractivity contribution in [3.63, 3.8) is 0 Å². The number of nitrogens with zero attached hydrogens (tertiary/aromatic N) is 6. The summed E-state index contributed by atoms with van der Waals surface area (Å²) in [5.41, 5.74) is 7.70. The quantitative estimate of drug-likeness (QED) is 0.156. The number of carboxylic acids is 1. The Labute approximate surface area is 323 Å². The number of aromatic nitrogens is 4. The van der Waals surface area contributed by atoms with Crippen molar-refractivity contribution in [1.82, 2.24) is 29.1 Å². The molecule has 286 valence electrons. The summed E-state index contributed by atoms with van der Waals surface area (Å²) in [6.07, 6.45) is 11.0. The van der Waals surface area contributed by atoms with Gasteiger partial charge in [-0.3, -0.25) is 14.6 Å². The van der Waals surface area contributed by atoms with Crippen LogP contribution in [0.15, 0.2) is 66.9 Å². The summed E-state index contributed by atoms with van der Waals surface area (Å²) in [7, 11) is 0. The van der Waals surface area contributed by atoms with Crippen molar-refractivity contribution in [2.24, 2.45) is 11.8 Å². The summed E-state index contributed by atoms with van der Waals surface area (Å²) in [6, 6.07) is 19.9. The maximum Gasteiger partial charge on any atom is 0.329 e. The van der Waals surface area contributed by atoms with Gasteiger partial charge in [-0.25, -0.2) is 9.48 Å². The van der Waals surface area contributed by atoms with Gasteiger partial charge in [-0.05, 0) is 119 Å². The number of hydrogen-bond acceptors (Lipinski definition) is 5. The van der Waals surface area contributed by atoms with Crippen molar-refractivity contribution < 1.29 is 19.5 Å². The topological polar surface area (TPSA) is 114 Å². The lowest BCUT2D eigenvalue weighted by Gasteiger charge is -2.30. The molecule has 55 heavy (non-hydrogen) atoms. The van der Waals surface area contributed by atoms with Crippen LogP contribution < -0.4 is 0 Å². The molecule has 1 unspecified atom stereocenters. The third-order valence-corrected chi connectivity index (χ3v) is 12.6. The van der Waals surface area contributed by atoms with Crippen LogP contribution in [0.25, 0.3) is 27.7 Å². The first-order chi connectivity index (χ1) is 26.5. The maximum absolute atomic E-state index is 14.7. The largest absolute Gasteiger partial charge is 0.480 e. The highest BCUT2D eigenvalue weighted by Crippen LogP contribution is 2.36. The first-order valence-corrected chi connectivity index (χ1v) is 20.1. The molecule has 2 amide bonds. The van der Waals surface area contributed by atoms with Crippen LogP contribution in [0.4, 0.5) is 0 Å². The van der Waals surface area contributed by atoms with Gasteiger partial charge in [-0.15, -0.1) is 0 Å². The normalized spacial score (nSPS) is 18.0. The third kappa shape index (κ3) is 6.85. The third-order valence-electron chi connectivity index (χ3n) is 12.6. The monoisotopic (exact) mass is 740 g/mol. The number of carboxylic acid groups (broad SMARTS) is 1. The van der Waals surface area contributed by atoms with Gasteiger partial charge in [0, 0.05) is 72.6 Å². The number of aliphatic carboxylic acids is 1. The fraction of sp³-hybridized carbons (Fsp3) is 0.444. The number of carbonyl (C=O) groups excluding carboxylic acids is 2. The van der Waals surface area contributed by atoms with E-state index < -0.39 is 11.5 Å². The Morgan fingerprint density at radius 2 is 1.73 bits per heavy atom. The first kappa shape index (κ1) is 36.7. The Bertz CT molecular complexity index is 2260. The van der Waals surface area contributed by atoms with Crippen LogP contribution in [0.2, 0.25) is 0 Å². The van der Waals surface area contributed by atoms with Gasteiger partial charge in [-0.1, -0.05) is 43.5 Å². The average molecular weight is 741 g/mol. The van der Waals surface area contributed by atoms with Gasteiger partial charge in [0.05, 0.1) is 11.4 Å². The molecule has 2 aromatic carbocycles. The number of likely N-dealkylation sites (tertiary alicyclic amines) is 1. The van der Waals surface area contributed by atoms with E-state index in [0.29, 0.717) is 43.1 Å². The number of hydrogen-bond donors (Lipinski definition) is 1. The lowest BCUT2D eigenvalue weighted by Crippen LogP contribution is -2.42. The lowest BCUT2D eigenvalue weighted by molar-refractivity contribution is -0.145. The number of para-hydroxylation sites is 1. The van der Waals surface area contributed by atoms with Gasteiger partial charge in [0.15, 0.2) is 0 Å². The van der Waals surface area contributed by atoms with Crippen LogP contribution in [0.1, 0.15) is 97.5 Å². The van der Waals surface area contributed by atoms with Gasteiger partial charge in [-0.2, -0.15) is 5.10 Å². The van der Waals surface area contributed by atoms with Crippen molar-refractivity contribution in [3.8, 4) is 16.8 Å². The number of amides is 2. The molecule has 10 nitrogen and oxygen atoms in total. The molecule has 1 atom stereocenters. The number of fused-ring (bicyclic) bond motifs is 2. The molecule has 0 spiro atoms. The Morgan fingerprint density at radius 1 is 0.945 bits per heavy atom. The van der Waals surface area contributed by atoms with Crippen molar-refractivity contribution in [1.29, 1.82) is 0 Å². The molecule has 0 radical (unpaired) electrons. The molecule has 1 aliphatic carbocycles. The van der Waals surface area contributed by atoms with Crippen molar-refractivity contribution in [2.75, 3.05) is 19.6 Å². The molecular formula is C45H52N6O4. The van der Waals surface area contributed by atoms with Crippen molar-refractivity contribution in [2.45, 2.75) is 97.6 Å². The van der Waals surface area contributed by atoms with Crippen LogP contribution >= 0.6 is 0 Å². The van der Waals surface area contributed by atoms with Gasteiger partial charge in [0.1, 0.15) is 11.2 Å². The summed E-state index contributed by atoms with van der Waals surface area (Å²) >= 11 is 0. The molecule has 1 N–H and O–H groups in total. The van der Waals surface area contributed by atoms with Crippen LogP contribution in [-0.2, 0) is 34.5 Å². The maximum atomic E-state index is 14.7. The van der Waals surface area contributed by atoms with Gasteiger partial charge < -0.3 is 19.5 Å². The van der Waals surface area contributed by atoms with Crippen LogP contribution in [0.3, 0.4) is 0 Å². The number of benzene rings is 2. The van der Waals surface area contributed by atoms with E-state index in [1.165, 1.54) is 32.1 Å². The lowest BCUT2D eigenvalue weighted by atomic mass is 9.89. The fourth-order valence-electron chi connectivity index (χ4n) is 9.24. The standard InChI is InChI=1S/C45H52N6O4/c1-29-30(2)46-22-19-36(29)33-16-17-39-34(25-33)26-41(50(39)45(3,4)44(54)55)43(53)49-24-21-38-37(28-49)40(51(47-38)35-13-9-6-10-14-35)18-15-32-20-23-48(42(32)52)27-31-11-7-5-8-12-31/h6,9-10,13-14,16-17,19,22,25-26,31-32H,5,7-8,11-12,15,18,20-21,23-24,27-28H2,1-4H3,(H,54,55). The zero-order valence-electron chi connectivity index (χ0n) is 32.6. The molecule has 8 rings (SSSR count). The smallest absolute Gasteiger partial charge is 0.329 e. The van der Waals surface area contributed by atoms with Crippen LogP contribution in [0.5, 0.6) is 0 Å². The highest BCUT2D eigenvalue weighted by Gasteiger charge is 2.38. The second-order valence-corrected chi connectivity index (χ2v) is 16.5. The van der Waals surface area contributed by atoms with E-state index in [1.807, 2.05) is 84.1 Å².